The molecule has 1 aromatic rings. The highest BCUT2D eigenvalue weighted by molar-refractivity contribution is 9.10. The monoisotopic (exact) mass is 201 g/mol. The van der Waals surface area contributed by atoms with E-state index >= 15 is 0 Å². The van der Waals surface area contributed by atoms with Crippen molar-refractivity contribution in [1.82, 2.24) is 15.5 Å². The van der Waals surface area contributed by atoms with E-state index in [-0.39, 0.29) is 0 Å². The zero-order valence-electron chi connectivity index (χ0n) is 5.39. The van der Waals surface area contributed by atoms with Crippen LogP contribution in [0.2, 0.25) is 0 Å². The molecule has 54 valence electrons. The van der Waals surface area contributed by atoms with Gasteiger partial charge in [0, 0.05) is 0 Å². The van der Waals surface area contributed by atoms with Crippen LogP contribution in [0.4, 0.5) is 0 Å². The van der Waals surface area contributed by atoms with E-state index in [4.69, 9.17) is 0 Å². The maximum atomic E-state index is 3.91. The van der Waals surface area contributed by atoms with Crippen molar-refractivity contribution in [3.8, 4) is 0 Å². The molecule has 3 nitrogen and oxygen atoms in total. The molecular weight excluding hydrogens is 194 g/mol. The molecule has 1 atom stereocenters. The van der Waals surface area contributed by atoms with E-state index in [1.807, 2.05) is 0 Å². The van der Waals surface area contributed by atoms with E-state index < -0.39 is 0 Å². The van der Waals surface area contributed by atoms with Crippen molar-refractivity contribution in [2.45, 2.75) is 12.5 Å². The zero-order valence-corrected chi connectivity index (χ0v) is 6.98. The van der Waals surface area contributed by atoms with Crippen molar-refractivity contribution < 1.29 is 0 Å². The third-order valence-corrected chi connectivity index (χ3v) is 2.42. The van der Waals surface area contributed by atoms with Crippen molar-refractivity contribution in [2.24, 2.45) is 0 Å². The molecule has 1 aliphatic heterocycles. The van der Waals surface area contributed by atoms with Crippen molar-refractivity contribution >= 4 is 15.9 Å². The fourth-order valence-electron chi connectivity index (χ4n) is 1.06. The average molecular weight is 202 g/mol. The van der Waals surface area contributed by atoms with Crippen LogP contribution in [0, 0.1) is 0 Å². The third-order valence-electron chi connectivity index (χ3n) is 1.79. The molecule has 1 aliphatic rings. The maximum absolute atomic E-state index is 3.91. The number of hydrogen-bond acceptors (Lipinski definition) is 2. The topological polar surface area (TPSA) is 40.7 Å². The Kier molecular flexibility index (Phi) is 1.50. The summed E-state index contributed by atoms with van der Waals surface area (Å²) in [6.07, 6.45) is 3.00. The first-order valence-corrected chi connectivity index (χ1v) is 4.09. The first-order chi connectivity index (χ1) is 4.88. The average Bonchev–Trinajstić information content (AvgIpc) is 2.12. The maximum Gasteiger partial charge on any atom is 0.0664 e. The van der Waals surface area contributed by atoms with Gasteiger partial charge < -0.3 is 5.32 Å². The number of nitrogens with zero attached hydrogens (tertiary/aromatic N) is 1. The van der Waals surface area contributed by atoms with Gasteiger partial charge in [0.2, 0.25) is 0 Å². The van der Waals surface area contributed by atoms with E-state index in [1.54, 1.807) is 6.20 Å². The van der Waals surface area contributed by atoms with Gasteiger partial charge in [-0.25, -0.2) is 0 Å². The summed E-state index contributed by atoms with van der Waals surface area (Å²) in [5.41, 5.74) is 1.17. The summed E-state index contributed by atoms with van der Waals surface area (Å²) in [4.78, 5) is 0. The summed E-state index contributed by atoms with van der Waals surface area (Å²) < 4.78 is 1.07. The van der Waals surface area contributed by atoms with E-state index in [0.29, 0.717) is 6.04 Å². The lowest BCUT2D eigenvalue weighted by molar-refractivity contribution is 0.373. The molecule has 0 amide bonds. The fourth-order valence-corrected chi connectivity index (χ4v) is 1.53. The largest absolute Gasteiger partial charge is 0.309 e. The van der Waals surface area contributed by atoms with Gasteiger partial charge in [-0.15, -0.1) is 0 Å². The predicted molar refractivity (Wildman–Crippen MR) is 41.6 cm³/mol. The van der Waals surface area contributed by atoms with Gasteiger partial charge in [0.05, 0.1) is 22.4 Å². The highest BCUT2D eigenvalue weighted by Gasteiger charge is 2.21. The highest BCUT2D eigenvalue weighted by atomic mass is 79.9. The molecule has 0 aromatic carbocycles. The molecule has 0 radical (unpaired) electrons. The lowest BCUT2D eigenvalue weighted by Crippen LogP contribution is -2.35. The van der Waals surface area contributed by atoms with Crippen molar-refractivity contribution in [3.63, 3.8) is 0 Å². The number of aromatic nitrogens is 2. The van der Waals surface area contributed by atoms with Crippen molar-refractivity contribution in [2.75, 3.05) is 6.54 Å². The van der Waals surface area contributed by atoms with E-state index in [2.05, 4.69) is 31.4 Å². The number of rotatable bonds is 1. The van der Waals surface area contributed by atoms with Gasteiger partial charge in [0.25, 0.3) is 0 Å². The Morgan fingerprint density at radius 2 is 2.50 bits per heavy atom. The zero-order chi connectivity index (χ0) is 6.97. The third kappa shape index (κ3) is 0.876. The quantitative estimate of drug-likeness (QED) is 0.718. The van der Waals surface area contributed by atoms with Crippen LogP contribution in [0.5, 0.6) is 0 Å². The first kappa shape index (κ1) is 6.37. The number of nitrogens with one attached hydrogen (secondary N) is 2. The van der Waals surface area contributed by atoms with Crippen LogP contribution in [0.1, 0.15) is 18.2 Å². The van der Waals surface area contributed by atoms with Gasteiger partial charge in [-0.1, -0.05) is 0 Å². The molecule has 10 heavy (non-hydrogen) atoms. The SMILES string of the molecule is Brc1cn[nH]c1C1CCN1. The van der Waals surface area contributed by atoms with Crippen LogP contribution in [0.3, 0.4) is 0 Å². The molecule has 0 saturated carbocycles. The second-order valence-electron chi connectivity index (χ2n) is 2.43. The highest BCUT2D eigenvalue weighted by Crippen LogP contribution is 2.26. The van der Waals surface area contributed by atoms with Crippen LogP contribution in [-0.2, 0) is 0 Å². The molecule has 2 N–H and O–H groups in total. The lowest BCUT2D eigenvalue weighted by Gasteiger charge is -2.26. The van der Waals surface area contributed by atoms with Gasteiger partial charge in [0.1, 0.15) is 0 Å². The fraction of sp³-hybridized carbons (Fsp3) is 0.500. The van der Waals surface area contributed by atoms with E-state index in [1.165, 1.54) is 12.1 Å². The van der Waals surface area contributed by atoms with Crippen LogP contribution in [-0.4, -0.2) is 16.7 Å². The minimum absolute atomic E-state index is 0.497. The molecule has 4 heteroatoms. The van der Waals surface area contributed by atoms with Gasteiger partial charge in [-0.2, -0.15) is 5.10 Å². The Hall–Kier alpha value is -0.350. The van der Waals surface area contributed by atoms with Gasteiger partial charge in [0.15, 0.2) is 0 Å². The molecule has 1 saturated heterocycles. The smallest absolute Gasteiger partial charge is 0.0664 e. The molecule has 0 bridgehead atoms. The number of hydrogen-bond donors (Lipinski definition) is 2. The molecular formula is C6H8BrN3. The number of aromatic amines is 1. The van der Waals surface area contributed by atoms with E-state index in [0.717, 1.165) is 11.0 Å². The molecule has 2 rings (SSSR count). The number of halogens is 1. The molecule has 0 spiro atoms. The Morgan fingerprint density at radius 1 is 1.70 bits per heavy atom. The van der Waals surface area contributed by atoms with Crippen LogP contribution in [0.25, 0.3) is 0 Å². The molecule has 1 aromatic heterocycles. The van der Waals surface area contributed by atoms with E-state index in [9.17, 15) is 0 Å². The molecule has 0 aliphatic carbocycles. The predicted octanol–water partition coefficient (Wildman–Crippen LogP) is 1.21. The summed E-state index contributed by atoms with van der Waals surface area (Å²) >= 11 is 3.41. The van der Waals surface area contributed by atoms with Crippen LogP contribution < -0.4 is 5.32 Å². The summed E-state index contributed by atoms with van der Waals surface area (Å²) in [5, 5.41) is 10.1. The second-order valence-corrected chi connectivity index (χ2v) is 3.28. The van der Waals surface area contributed by atoms with Crippen molar-refractivity contribution in [1.29, 1.82) is 0 Å². The molecule has 1 fully saturated rings. The Bertz CT molecular complexity index is 229. The molecule has 1 unspecified atom stereocenters. The van der Waals surface area contributed by atoms with Gasteiger partial charge >= 0.3 is 0 Å². The summed E-state index contributed by atoms with van der Waals surface area (Å²) in [7, 11) is 0. The van der Waals surface area contributed by atoms with Gasteiger partial charge in [-0.3, -0.25) is 5.10 Å². The Morgan fingerprint density at radius 3 is 2.90 bits per heavy atom. The Labute approximate surface area is 67.3 Å². The number of H-pyrrole nitrogens is 1. The molecule has 2 heterocycles. The van der Waals surface area contributed by atoms with Crippen LogP contribution in [0.15, 0.2) is 10.7 Å². The summed E-state index contributed by atoms with van der Waals surface area (Å²) in [5.74, 6) is 0. The summed E-state index contributed by atoms with van der Waals surface area (Å²) in [6, 6.07) is 0.497. The normalized spacial score (nSPS) is 24.3. The Balaban J connectivity index is 2.23. The lowest BCUT2D eigenvalue weighted by atomic mass is 10.0. The first-order valence-electron chi connectivity index (χ1n) is 3.30. The van der Waals surface area contributed by atoms with Crippen LogP contribution >= 0.6 is 15.9 Å². The van der Waals surface area contributed by atoms with Gasteiger partial charge in [-0.05, 0) is 28.9 Å². The van der Waals surface area contributed by atoms with Crippen molar-refractivity contribution in [3.05, 3.63) is 16.4 Å². The second kappa shape index (κ2) is 2.36. The minimum Gasteiger partial charge on any atom is -0.309 e. The summed E-state index contributed by atoms with van der Waals surface area (Å²) in [6.45, 7) is 1.12. The standard InChI is InChI=1S/C6H8BrN3/c7-4-3-9-10-6(4)5-1-2-8-5/h3,5,8H,1-2H2,(H,9,10). The minimum atomic E-state index is 0.497.